The van der Waals surface area contributed by atoms with Crippen LogP contribution in [0.1, 0.15) is 51.1 Å². The number of ether oxygens (including phenoxy) is 1. The number of aromatic nitrogens is 3. The van der Waals surface area contributed by atoms with Gasteiger partial charge in [-0.05, 0) is 25.5 Å². The van der Waals surface area contributed by atoms with Crippen LogP contribution in [0.3, 0.4) is 0 Å². The molecule has 2 aromatic carbocycles. The molecule has 31 heavy (non-hydrogen) atoms. The van der Waals surface area contributed by atoms with Crippen molar-refractivity contribution in [3.05, 3.63) is 76.9 Å². The van der Waals surface area contributed by atoms with E-state index in [1.807, 2.05) is 6.07 Å². The zero-order chi connectivity index (χ0) is 21.2. The van der Waals surface area contributed by atoms with Crippen LogP contribution < -0.4 is 5.32 Å². The van der Waals surface area contributed by atoms with Crippen molar-refractivity contribution in [2.75, 3.05) is 13.1 Å². The average molecular weight is 418 g/mol. The highest BCUT2D eigenvalue weighted by molar-refractivity contribution is 6.14. The van der Waals surface area contributed by atoms with Crippen LogP contribution in [0, 0.1) is 5.82 Å². The van der Waals surface area contributed by atoms with E-state index in [2.05, 4.69) is 15.5 Å². The first-order valence-corrected chi connectivity index (χ1v) is 10.3. The Morgan fingerprint density at radius 3 is 2.58 bits per heavy atom. The van der Waals surface area contributed by atoms with Crippen molar-refractivity contribution in [1.29, 1.82) is 0 Å². The highest BCUT2D eigenvalue weighted by atomic mass is 19.1. The molecule has 1 aromatic heterocycles. The third kappa shape index (κ3) is 2.54. The zero-order valence-electron chi connectivity index (χ0n) is 16.6. The molecule has 156 valence electrons. The molecule has 1 saturated heterocycles. The number of esters is 1. The highest BCUT2D eigenvalue weighted by Crippen LogP contribution is 2.53. The van der Waals surface area contributed by atoms with Gasteiger partial charge < -0.3 is 10.1 Å². The number of benzene rings is 2. The molecule has 1 unspecified atom stereocenters. The van der Waals surface area contributed by atoms with E-state index in [1.165, 1.54) is 23.3 Å². The van der Waals surface area contributed by atoms with Crippen LogP contribution in [-0.4, -0.2) is 39.8 Å². The minimum Gasteiger partial charge on any atom is -0.449 e. The van der Waals surface area contributed by atoms with E-state index in [0.717, 1.165) is 12.1 Å². The molecule has 6 rings (SSSR count). The largest absolute Gasteiger partial charge is 0.449 e. The molecule has 3 aliphatic rings. The fourth-order valence-corrected chi connectivity index (χ4v) is 4.98. The van der Waals surface area contributed by atoms with Crippen LogP contribution in [0.4, 0.5) is 4.39 Å². The molecular weight excluding hydrogens is 399 g/mol. The molecule has 2 fully saturated rings. The molecule has 8 heteroatoms. The standard InChI is InChI=1S/C23H19FN4O3/c24-18-12-14(28-26-10-11-27-28)4-5-16(18)22(6-7-22)20(29)15-2-1-3-17-19(15)21(30)31-23(17)8-9-25-13-23/h1-5,10-12,25H,6-9,13H2. The maximum absolute atomic E-state index is 15.1. The summed E-state index contributed by atoms with van der Waals surface area (Å²) in [4.78, 5) is 27.8. The van der Waals surface area contributed by atoms with Crippen molar-refractivity contribution in [1.82, 2.24) is 20.3 Å². The second-order valence-corrected chi connectivity index (χ2v) is 8.43. The minimum atomic E-state index is -0.959. The summed E-state index contributed by atoms with van der Waals surface area (Å²) in [7, 11) is 0. The molecule has 7 nitrogen and oxygen atoms in total. The minimum absolute atomic E-state index is 0.229. The lowest BCUT2D eigenvalue weighted by atomic mass is 9.82. The van der Waals surface area contributed by atoms with Gasteiger partial charge in [0.2, 0.25) is 0 Å². The summed E-state index contributed by atoms with van der Waals surface area (Å²) in [5.74, 6) is -1.18. The van der Waals surface area contributed by atoms with Crippen LogP contribution in [0.5, 0.6) is 0 Å². The second-order valence-electron chi connectivity index (χ2n) is 8.43. The van der Waals surface area contributed by atoms with E-state index in [-0.39, 0.29) is 5.78 Å². The van der Waals surface area contributed by atoms with Crippen LogP contribution >= 0.6 is 0 Å². The number of hydrogen-bond acceptors (Lipinski definition) is 6. The molecule has 3 aromatic rings. The first kappa shape index (κ1) is 18.4. The number of nitrogens with one attached hydrogen (secondary N) is 1. The Balaban J connectivity index is 1.41. The van der Waals surface area contributed by atoms with Crippen molar-refractivity contribution in [2.45, 2.75) is 30.3 Å². The lowest BCUT2D eigenvalue weighted by Gasteiger charge is -2.22. The van der Waals surface area contributed by atoms with E-state index >= 15 is 4.39 Å². The molecule has 0 bridgehead atoms. The van der Waals surface area contributed by atoms with Crippen LogP contribution in [0.2, 0.25) is 0 Å². The van der Waals surface area contributed by atoms with Gasteiger partial charge in [0.15, 0.2) is 11.4 Å². The maximum Gasteiger partial charge on any atom is 0.340 e. The SMILES string of the molecule is O=C1OC2(CCNC2)c2cccc(C(=O)C3(c4ccc(-n5nccn5)cc4F)CC3)c21. The number of carbonyl (C=O) groups is 2. The predicted octanol–water partition coefficient (Wildman–Crippen LogP) is 2.68. The van der Waals surface area contributed by atoms with Gasteiger partial charge in [-0.2, -0.15) is 15.0 Å². The van der Waals surface area contributed by atoms with Gasteiger partial charge in [-0.1, -0.05) is 24.3 Å². The Morgan fingerprint density at radius 2 is 1.90 bits per heavy atom. The van der Waals surface area contributed by atoms with Gasteiger partial charge in [-0.3, -0.25) is 4.79 Å². The normalized spacial score (nSPS) is 23.1. The molecule has 1 spiro atoms. The molecule has 0 amide bonds. The summed E-state index contributed by atoms with van der Waals surface area (Å²) in [6.45, 7) is 1.28. The number of fused-ring (bicyclic) bond motifs is 2. The molecule has 1 aliphatic carbocycles. The summed E-state index contributed by atoms with van der Waals surface area (Å²) < 4.78 is 20.9. The Hall–Kier alpha value is -3.39. The van der Waals surface area contributed by atoms with E-state index in [4.69, 9.17) is 4.74 Å². The summed E-state index contributed by atoms with van der Waals surface area (Å²) in [6, 6.07) is 9.97. The number of ketones is 1. The maximum atomic E-state index is 15.1. The first-order chi connectivity index (χ1) is 15.0. The number of Topliss-reactive ketones (excluding diaryl/α,β-unsaturated/α-hetero) is 1. The Kier molecular flexibility index (Phi) is 3.74. The summed E-state index contributed by atoms with van der Waals surface area (Å²) >= 11 is 0. The number of hydrogen-bond donors (Lipinski definition) is 1. The second kappa shape index (κ2) is 6.31. The van der Waals surface area contributed by atoms with Gasteiger partial charge >= 0.3 is 5.97 Å². The van der Waals surface area contributed by atoms with Crippen molar-refractivity contribution in [3.63, 3.8) is 0 Å². The Bertz CT molecular complexity index is 1230. The van der Waals surface area contributed by atoms with Gasteiger partial charge in [0, 0.05) is 35.7 Å². The van der Waals surface area contributed by atoms with E-state index < -0.39 is 22.8 Å². The quantitative estimate of drug-likeness (QED) is 0.518. The zero-order valence-corrected chi connectivity index (χ0v) is 16.6. The van der Waals surface area contributed by atoms with Crippen LogP contribution in [0.15, 0.2) is 48.8 Å². The number of rotatable bonds is 4. The summed E-state index contributed by atoms with van der Waals surface area (Å²) in [5, 5.41) is 11.3. The third-order valence-electron chi connectivity index (χ3n) is 6.71. The van der Waals surface area contributed by atoms with E-state index in [0.29, 0.717) is 48.2 Å². The third-order valence-corrected chi connectivity index (χ3v) is 6.71. The topological polar surface area (TPSA) is 86.1 Å². The van der Waals surface area contributed by atoms with Gasteiger partial charge in [-0.25, -0.2) is 9.18 Å². The average Bonchev–Trinajstić information content (AvgIpc) is 3.12. The van der Waals surface area contributed by atoms with Crippen LogP contribution in [-0.2, 0) is 15.8 Å². The van der Waals surface area contributed by atoms with Crippen molar-refractivity contribution < 1.29 is 18.7 Å². The highest BCUT2D eigenvalue weighted by Gasteiger charge is 2.55. The van der Waals surface area contributed by atoms with Gasteiger partial charge in [0.25, 0.3) is 0 Å². The van der Waals surface area contributed by atoms with E-state index in [9.17, 15) is 9.59 Å². The fraction of sp³-hybridized carbons (Fsp3) is 0.304. The van der Waals surface area contributed by atoms with Crippen molar-refractivity contribution in [3.8, 4) is 5.69 Å². The molecule has 2 aliphatic heterocycles. The number of halogens is 1. The van der Waals surface area contributed by atoms with Gasteiger partial charge in [0.05, 0.1) is 29.1 Å². The lowest BCUT2D eigenvalue weighted by molar-refractivity contribution is 0.00158. The predicted molar refractivity (Wildman–Crippen MR) is 108 cm³/mol. The molecule has 0 radical (unpaired) electrons. The Labute approximate surface area is 177 Å². The summed E-state index contributed by atoms with van der Waals surface area (Å²) in [6.07, 6.45) is 4.77. The van der Waals surface area contributed by atoms with Gasteiger partial charge in [-0.15, -0.1) is 0 Å². The molecule has 1 N–H and O–H groups in total. The monoisotopic (exact) mass is 418 g/mol. The van der Waals surface area contributed by atoms with E-state index in [1.54, 1.807) is 24.3 Å². The lowest BCUT2D eigenvalue weighted by Crippen LogP contribution is -2.28. The first-order valence-electron chi connectivity index (χ1n) is 10.3. The van der Waals surface area contributed by atoms with Crippen molar-refractivity contribution >= 4 is 11.8 Å². The Morgan fingerprint density at radius 1 is 1.10 bits per heavy atom. The van der Waals surface area contributed by atoms with Crippen LogP contribution in [0.25, 0.3) is 5.69 Å². The fourth-order valence-electron chi connectivity index (χ4n) is 4.98. The number of nitrogens with zero attached hydrogens (tertiary/aromatic N) is 3. The smallest absolute Gasteiger partial charge is 0.340 e. The number of carbonyl (C=O) groups excluding carboxylic acids is 2. The summed E-state index contributed by atoms with van der Waals surface area (Å²) in [5.41, 5.74) is 0.567. The molecular formula is C23H19FN4O3. The van der Waals surface area contributed by atoms with Crippen molar-refractivity contribution in [2.24, 2.45) is 0 Å². The van der Waals surface area contributed by atoms with Gasteiger partial charge in [0.1, 0.15) is 5.82 Å². The molecule has 1 saturated carbocycles. The molecule has 1 atom stereocenters. The molecule has 3 heterocycles.